The van der Waals surface area contributed by atoms with Crippen molar-refractivity contribution in [3.8, 4) is 17.2 Å². The third-order valence-corrected chi connectivity index (χ3v) is 8.45. The van der Waals surface area contributed by atoms with Crippen LogP contribution in [0.5, 0.6) is 17.2 Å². The van der Waals surface area contributed by atoms with Crippen LogP contribution in [0.25, 0.3) is 10.2 Å². The number of hydrogen-bond donors (Lipinski definition) is 0. The molecule has 198 valence electrons. The summed E-state index contributed by atoms with van der Waals surface area (Å²) in [7, 11) is 1.58. The molecule has 3 aliphatic rings. The number of nitrogens with zero attached hydrogens (tertiary/aromatic N) is 2. The molecular formula is C29H30N2O6S. The molecule has 2 aromatic carbocycles. The molecule has 0 N–H and O–H groups in total. The van der Waals surface area contributed by atoms with Crippen molar-refractivity contribution in [3.05, 3.63) is 53.3 Å². The van der Waals surface area contributed by atoms with Crippen LogP contribution in [0.4, 0.5) is 5.13 Å². The van der Waals surface area contributed by atoms with Gasteiger partial charge in [0.15, 0.2) is 28.2 Å². The van der Waals surface area contributed by atoms with E-state index in [4.69, 9.17) is 23.9 Å². The fourth-order valence-electron chi connectivity index (χ4n) is 5.74. The smallest absolute Gasteiger partial charge is 0.296 e. The topological polar surface area (TPSA) is 87.2 Å². The fourth-order valence-corrected chi connectivity index (χ4v) is 6.76. The van der Waals surface area contributed by atoms with Gasteiger partial charge in [0.25, 0.3) is 5.91 Å². The molecule has 1 amide bonds. The summed E-state index contributed by atoms with van der Waals surface area (Å²) in [5, 5.41) is 0.505. The molecule has 38 heavy (non-hydrogen) atoms. The highest BCUT2D eigenvalue weighted by molar-refractivity contribution is 7.22. The first-order valence-electron chi connectivity index (χ1n) is 13.2. The van der Waals surface area contributed by atoms with Crippen molar-refractivity contribution < 1.29 is 28.5 Å². The number of anilines is 1. The molecule has 8 nitrogen and oxygen atoms in total. The van der Waals surface area contributed by atoms with Crippen molar-refractivity contribution >= 4 is 38.4 Å². The Morgan fingerprint density at radius 2 is 1.84 bits per heavy atom. The first-order chi connectivity index (χ1) is 18.5. The quantitative estimate of drug-likeness (QED) is 0.390. The number of Topliss-reactive ketones (excluding diaryl/α,β-unsaturated/α-hetero) is 1. The van der Waals surface area contributed by atoms with Crippen LogP contribution in [-0.4, -0.2) is 43.1 Å². The summed E-state index contributed by atoms with van der Waals surface area (Å²) in [4.78, 5) is 34.4. The van der Waals surface area contributed by atoms with E-state index >= 15 is 0 Å². The van der Waals surface area contributed by atoms with Crippen LogP contribution in [0, 0.1) is 5.92 Å². The predicted octanol–water partition coefficient (Wildman–Crippen LogP) is 5.60. The first kappa shape index (κ1) is 24.7. The highest BCUT2D eigenvalue weighted by Crippen LogP contribution is 2.50. The Labute approximate surface area is 225 Å². The van der Waals surface area contributed by atoms with E-state index in [1.54, 1.807) is 12.0 Å². The highest BCUT2D eigenvalue weighted by atomic mass is 32.1. The summed E-state index contributed by atoms with van der Waals surface area (Å²) in [6, 6.07) is 10.6. The van der Waals surface area contributed by atoms with Gasteiger partial charge in [-0.2, -0.15) is 0 Å². The lowest BCUT2D eigenvalue weighted by Crippen LogP contribution is -2.39. The summed E-state index contributed by atoms with van der Waals surface area (Å²) < 4.78 is 24.2. The predicted molar refractivity (Wildman–Crippen MR) is 144 cm³/mol. The number of fused-ring (bicyclic) bond motifs is 2. The zero-order valence-electron chi connectivity index (χ0n) is 21.7. The molecule has 1 fully saturated rings. The standard InChI is InChI=1S/C29H30N2O6S/c1-4-35-17-11-12-19-23(15-17)38-29(30-19)31-25(16-10-13-21(36-5-2)22(14-16)34-3)24-26(32)18-8-6-7-9-20(18)37-27(24)28(31)33/h10-15,18,20,25H,4-9H2,1-3H3. The molecule has 3 unspecified atom stereocenters. The summed E-state index contributed by atoms with van der Waals surface area (Å²) in [5.41, 5.74) is 1.91. The summed E-state index contributed by atoms with van der Waals surface area (Å²) >= 11 is 1.39. The molecule has 1 aromatic heterocycles. The number of carbonyl (C=O) groups is 2. The monoisotopic (exact) mass is 534 g/mol. The van der Waals surface area contributed by atoms with Crippen molar-refractivity contribution in [2.45, 2.75) is 51.7 Å². The van der Waals surface area contributed by atoms with Crippen LogP contribution < -0.4 is 19.1 Å². The molecule has 3 atom stereocenters. The van der Waals surface area contributed by atoms with E-state index in [1.807, 2.05) is 50.2 Å². The fraction of sp³-hybridized carbons (Fsp3) is 0.414. The molecule has 0 bridgehead atoms. The number of thiazole rings is 1. The van der Waals surface area contributed by atoms with Crippen LogP contribution in [0.1, 0.15) is 51.1 Å². The molecule has 3 heterocycles. The molecule has 1 aliphatic carbocycles. The molecule has 9 heteroatoms. The number of ether oxygens (including phenoxy) is 4. The van der Waals surface area contributed by atoms with Crippen molar-refractivity contribution in [2.24, 2.45) is 5.92 Å². The zero-order chi connectivity index (χ0) is 26.4. The van der Waals surface area contributed by atoms with E-state index in [0.29, 0.717) is 35.4 Å². The Hall–Kier alpha value is -3.59. The Balaban J connectivity index is 1.49. The van der Waals surface area contributed by atoms with Gasteiger partial charge in [0.2, 0.25) is 0 Å². The van der Waals surface area contributed by atoms with Gasteiger partial charge in [-0.05, 0) is 69.0 Å². The second kappa shape index (κ2) is 9.94. The molecule has 0 radical (unpaired) electrons. The van der Waals surface area contributed by atoms with Gasteiger partial charge in [-0.3, -0.25) is 14.5 Å². The van der Waals surface area contributed by atoms with Crippen molar-refractivity contribution in [1.29, 1.82) is 0 Å². The molecule has 6 rings (SSSR count). The molecule has 0 spiro atoms. The Morgan fingerprint density at radius 1 is 1.03 bits per heavy atom. The van der Waals surface area contributed by atoms with Gasteiger partial charge in [0, 0.05) is 0 Å². The number of benzene rings is 2. The second-order valence-corrected chi connectivity index (χ2v) is 10.6. The maximum Gasteiger partial charge on any atom is 0.296 e. The maximum absolute atomic E-state index is 14.0. The number of hydrogen-bond acceptors (Lipinski definition) is 8. The van der Waals surface area contributed by atoms with Crippen molar-refractivity contribution in [2.75, 3.05) is 25.2 Å². The minimum absolute atomic E-state index is 0.00407. The normalized spacial score (nSPS) is 22.8. The van der Waals surface area contributed by atoms with Gasteiger partial charge in [0.05, 0.1) is 48.1 Å². The largest absolute Gasteiger partial charge is 0.494 e. The number of ketones is 1. The van der Waals surface area contributed by atoms with Crippen LogP contribution in [0.3, 0.4) is 0 Å². The Morgan fingerprint density at radius 3 is 2.63 bits per heavy atom. The van der Waals surface area contributed by atoms with Gasteiger partial charge in [-0.15, -0.1) is 0 Å². The van der Waals surface area contributed by atoms with E-state index < -0.39 is 6.04 Å². The van der Waals surface area contributed by atoms with Crippen LogP contribution >= 0.6 is 11.3 Å². The van der Waals surface area contributed by atoms with Crippen molar-refractivity contribution in [1.82, 2.24) is 4.98 Å². The average molecular weight is 535 g/mol. The number of rotatable bonds is 7. The summed E-state index contributed by atoms with van der Waals surface area (Å²) in [5.74, 6) is 1.48. The van der Waals surface area contributed by atoms with Crippen LogP contribution in [0.15, 0.2) is 47.7 Å². The minimum Gasteiger partial charge on any atom is -0.494 e. The lowest BCUT2D eigenvalue weighted by molar-refractivity contribution is -0.131. The summed E-state index contributed by atoms with van der Waals surface area (Å²) in [6.07, 6.45) is 3.28. The molecule has 1 saturated carbocycles. The van der Waals surface area contributed by atoms with Gasteiger partial charge < -0.3 is 18.9 Å². The van der Waals surface area contributed by atoms with E-state index in [1.165, 1.54) is 11.3 Å². The maximum atomic E-state index is 14.0. The van der Waals surface area contributed by atoms with Gasteiger partial charge in [0.1, 0.15) is 11.9 Å². The molecular weight excluding hydrogens is 504 g/mol. The number of carbonyl (C=O) groups excluding carboxylic acids is 2. The molecule has 0 saturated heterocycles. The highest BCUT2D eigenvalue weighted by Gasteiger charge is 2.53. The molecule has 3 aromatic rings. The Bertz CT molecular complexity index is 1450. The number of methoxy groups -OCH3 is 1. The van der Waals surface area contributed by atoms with Crippen LogP contribution in [0.2, 0.25) is 0 Å². The van der Waals surface area contributed by atoms with E-state index in [9.17, 15) is 9.59 Å². The third-order valence-electron chi connectivity index (χ3n) is 7.43. The van der Waals surface area contributed by atoms with Crippen molar-refractivity contribution in [3.63, 3.8) is 0 Å². The lowest BCUT2D eigenvalue weighted by atomic mass is 9.77. The van der Waals surface area contributed by atoms with Gasteiger partial charge in [-0.1, -0.05) is 23.8 Å². The lowest BCUT2D eigenvalue weighted by Gasteiger charge is -2.35. The minimum atomic E-state index is -0.677. The third kappa shape index (κ3) is 4.00. The average Bonchev–Trinajstić information content (AvgIpc) is 3.47. The van der Waals surface area contributed by atoms with E-state index in [0.717, 1.165) is 47.2 Å². The zero-order valence-corrected chi connectivity index (χ0v) is 22.5. The molecule has 2 aliphatic heterocycles. The Kier molecular flexibility index (Phi) is 6.47. The van der Waals surface area contributed by atoms with E-state index in [2.05, 4.69) is 0 Å². The number of amides is 1. The van der Waals surface area contributed by atoms with Gasteiger partial charge in [-0.25, -0.2) is 4.98 Å². The second-order valence-electron chi connectivity index (χ2n) is 9.63. The SMILES string of the molecule is CCOc1ccc2nc(N3C(=O)C4=C(C(=O)C5CCCCC5O4)C3c3ccc(OCC)c(OC)c3)sc2c1. The van der Waals surface area contributed by atoms with E-state index in [-0.39, 0.29) is 29.5 Å². The van der Waals surface area contributed by atoms with Crippen LogP contribution in [-0.2, 0) is 14.3 Å². The first-order valence-corrected chi connectivity index (χ1v) is 14.0. The summed E-state index contributed by atoms with van der Waals surface area (Å²) in [6.45, 7) is 4.89. The number of aromatic nitrogens is 1. The van der Waals surface area contributed by atoms with Gasteiger partial charge >= 0.3 is 0 Å².